The molecule has 12 nitrogen and oxygen atoms in total. The molecule has 4 rings (SSSR count). The van der Waals surface area contributed by atoms with Gasteiger partial charge in [0.15, 0.2) is 11.5 Å². The molecule has 0 unspecified atom stereocenters. The first-order valence-corrected chi connectivity index (χ1v) is 17.4. The van der Waals surface area contributed by atoms with Crippen LogP contribution in [0.1, 0.15) is 18.6 Å². The average molecular weight is 726 g/mol. The molecule has 2 heterocycles. The van der Waals surface area contributed by atoms with E-state index in [9.17, 15) is 18.6 Å². The summed E-state index contributed by atoms with van der Waals surface area (Å²) in [6, 6.07) is 18.4. The van der Waals surface area contributed by atoms with E-state index in [0.717, 1.165) is 4.31 Å². The van der Waals surface area contributed by atoms with E-state index in [0.29, 0.717) is 17.1 Å². The van der Waals surface area contributed by atoms with E-state index in [1.165, 1.54) is 53.9 Å². The quantitative estimate of drug-likeness (QED) is 0.193. The zero-order valence-corrected chi connectivity index (χ0v) is 26.8. The Kier molecular flexibility index (Phi) is 10.2. The molecule has 4 aromatic rings. The summed E-state index contributed by atoms with van der Waals surface area (Å²) in [6.45, 7) is 1.37. The standard InChI is InChI=1S/C27H28IN5O7S2/c1-17(25(35)18-9-5-6-12-21(18)38-2)42(36,37)32(15-16-41-28)27-31-30-26(19-10-7-14-23(29-19)40-4)33(27)24-20(34)11-8-13-22(24)39-3/h5-6,8-9,11-14,17,25,34-35H,15-16H2,1-4H3/t17-,25-/m1/s1. The largest absolute Gasteiger partial charge is 0.506 e. The first-order valence-electron chi connectivity index (χ1n) is 12.4. The van der Waals surface area contributed by atoms with E-state index >= 15 is 0 Å². The van der Waals surface area contributed by atoms with Crippen molar-refractivity contribution < 1.29 is 32.8 Å². The zero-order chi connectivity index (χ0) is 30.4. The van der Waals surface area contributed by atoms with Crippen molar-refractivity contribution in [3.05, 3.63) is 66.2 Å². The Bertz CT molecular complexity index is 1640. The smallest absolute Gasteiger partial charge is 0.246 e. The lowest BCUT2D eigenvalue weighted by Gasteiger charge is -2.29. The summed E-state index contributed by atoms with van der Waals surface area (Å²) < 4.78 is 47.1. The third-order valence-corrected chi connectivity index (χ3v) is 10.2. The average Bonchev–Trinajstić information content (AvgIpc) is 3.44. The molecule has 0 amide bonds. The minimum atomic E-state index is -4.34. The van der Waals surface area contributed by atoms with Crippen LogP contribution in [0, 0.1) is 12.1 Å². The van der Waals surface area contributed by atoms with Crippen LogP contribution in [0.5, 0.6) is 23.1 Å². The number of aliphatic hydroxyl groups excluding tert-OH is 1. The van der Waals surface area contributed by atoms with E-state index in [1.807, 2.05) is 0 Å². The molecule has 0 bridgehead atoms. The highest BCUT2D eigenvalue weighted by atomic mass is 127. The summed E-state index contributed by atoms with van der Waals surface area (Å²) in [5.41, 5.74) is 0.518. The molecule has 0 aliphatic heterocycles. The molecular formula is C27H28IN5O7S2. The van der Waals surface area contributed by atoms with Gasteiger partial charge in [0.2, 0.25) is 21.9 Å². The Morgan fingerprint density at radius 1 is 1.07 bits per heavy atom. The highest BCUT2D eigenvalue weighted by Crippen LogP contribution is 2.39. The molecule has 2 N–H and O–H groups in total. The van der Waals surface area contributed by atoms with Gasteiger partial charge in [-0.15, -0.1) is 10.2 Å². The summed E-state index contributed by atoms with van der Waals surface area (Å²) in [5, 5.41) is 29.5. The molecule has 0 saturated carbocycles. The van der Waals surface area contributed by atoms with Gasteiger partial charge in [-0.2, -0.15) is 0 Å². The molecule has 0 aliphatic carbocycles. The van der Waals surface area contributed by atoms with Crippen molar-refractivity contribution in [3.8, 4) is 40.3 Å². The summed E-state index contributed by atoms with van der Waals surface area (Å²) in [6.07, 6.45) is -1.45. The number of nitrogens with zero attached hydrogens (tertiary/aromatic N) is 5. The van der Waals surface area contributed by atoms with Crippen LogP contribution in [0.3, 0.4) is 0 Å². The predicted octanol–water partition coefficient (Wildman–Crippen LogP) is 4.00. The molecule has 0 saturated heterocycles. The molecule has 222 valence electrons. The zero-order valence-electron chi connectivity index (χ0n) is 23.1. The van der Waals surface area contributed by atoms with Gasteiger partial charge < -0.3 is 24.4 Å². The Labute approximate surface area is 260 Å². The van der Waals surface area contributed by atoms with Crippen LogP contribution in [-0.4, -0.2) is 77.3 Å². The number of hydrogen-bond acceptors (Lipinski definition) is 11. The van der Waals surface area contributed by atoms with Gasteiger partial charge in [-0.05, 0) is 52.4 Å². The van der Waals surface area contributed by atoms with E-state index in [4.69, 9.17) is 14.2 Å². The molecule has 0 fully saturated rings. The maximum atomic E-state index is 14.3. The van der Waals surface area contributed by atoms with Crippen molar-refractivity contribution in [2.24, 2.45) is 0 Å². The van der Waals surface area contributed by atoms with Crippen LogP contribution in [-0.2, 0) is 10.0 Å². The second-order valence-electron chi connectivity index (χ2n) is 8.73. The molecule has 2 aromatic heterocycles. The van der Waals surface area contributed by atoms with Crippen molar-refractivity contribution in [3.63, 3.8) is 0 Å². The molecule has 15 heteroatoms. The van der Waals surface area contributed by atoms with Crippen LogP contribution in [0.4, 0.5) is 5.95 Å². The van der Waals surface area contributed by atoms with Gasteiger partial charge in [-0.1, -0.05) is 39.3 Å². The number of phenolic OH excluding ortho intramolecular Hbond substituents is 1. The lowest BCUT2D eigenvalue weighted by atomic mass is 10.1. The van der Waals surface area contributed by atoms with Crippen LogP contribution >= 0.6 is 30.1 Å². The van der Waals surface area contributed by atoms with Gasteiger partial charge in [-0.25, -0.2) is 17.7 Å². The Morgan fingerprint density at radius 2 is 1.79 bits per heavy atom. The number of phenols is 1. The first kappa shape index (κ1) is 31.5. The second kappa shape index (κ2) is 13.7. The van der Waals surface area contributed by atoms with Gasteiger partial charge >= 0.3 is 0 Å². The van der Waals surface area contributed by atoms with Gasteiger partial charge in [0.25, 0.3) is 0 Å². The van der Waals surface area contributed by atoms with Crippen molar-refractivity contribution in [2.45, 2.75) is 18.3 Å². The van der Waals surface area contributed by atoms with E-state index in [2.05, 4.69) is 48.5 Å². The number of methoxy groups -OCH3 is 3. The number of ether oxygens (including phenoxy) is 3. The number of hydrogen-bond donors (Lipinski definition) is 2. The van der Waals surface area contributed by atoms with Crippen LogP contribution in [0.2, 0.25) is 0 Å². The molecule has 0 radical (unpaired) electrons. The van der Waals surface area contributed by atoms with Gasteiger partial charge in [-0.3, -0.25) is 4.57 Å². The molecule has 2 atom stereocenters. The minimum Gasteiger partial charge on any atom is -0.506 e. The number of halogens is 1. The predicted molar refractivity (Wildman–Crippen MR) is 167 cm³/mol. The molecule has 0 aliphatic rings. The topological polar surface area (TPSA) is 149 Å². The monoisotopic (exact) mass is 725 g/mol. The first-order chi connectivity index (χ1) is 20.2. The number of aliphatic hydroxyl groups is 1. The number of para-hydroxylation sites is 2. The van der Waals surface area contributed by atoms with E-state index < -0.39 is 21.4 Å². The summed E-state index contributed by atoms with van der Waals surface area (Å²) in [4.78, 5) is 4.37. The number of benzene rings is 2. The van der Waals surface area contributed by atoms with Gasteiger partial charge in [0.05, 0.1) is 27.4 Å². The van der Waals surface area contributed by atoms with Crippen LogP contribution in [0.25, 0.3) is 17.2 Å². The SMILES string of the molecule is COc1cc#cc(-c2nnc(N(CCSI)S(=O)(=O)[C@H](C)[C@@H](O)c3ccccc3OC)n2-c2c(O)cccc2OC)n1. The van der Waals surface area contributed by atoms with Crippen molar-refractivity contribution in [1.29, 1.82) is 0 Å². The van der Waals surface area contributed by atoms with Gasteiger partial charge in [0, 0.05) is 17.9 Å². The van der Waals surface area contributed by atoms with E-state index in [1.54, 1.807) is 36.4 Å². The molecule has 42 heavy (non-hydrogen) atoms. The summed E-state index contributed by atoms with van der Waals surface area (Å²) in [7, 11) is 1.35. The maximum absolute atomic E-state index is 14.3. The van der Waals surface area contributed by atoms with Gasteiger partial charge in [0.1, 0.15) is 34.3 Å². The summed E-state index contributed by atoms with van der Waals surface area (Å²) in [5.74, 6) is 0.796. The van der Waals surface area contributed by atoms with Crippen molar-refractivity contribution in [1.82, 2.24) is 19.7 Å². The number of sulfonamides is 1. The molecule has 2 aromatic carbocycles. The number of rotatable bonds is 13. The number of aromatic hydroxyl groups is 1. The third kappa shape index (κ3) is 6.16. The normalized spacial score (nSPS) is 12.7. The fraction of sp³-hybridized carbons (Fsp3) is 0.296. The molecular weight excluding hydrogens is 697 g/mol. The Hall–Kier alpha value is -3.46. The Balaban J connectivity index is 1.95. The summed E-state index contributed by atoms with van der Waals surface area (Å²) >= 11 is 2.07. The lowest BCUT2D eigenvalue weighted by Crippen LogP contribution is -2.43. The maximum Gasteiger partial charge on any atom is 0.246 e. The number of anilines is 1. The van der Waals surface area contributed by atoms with Crippen LogP contribution in [0.15, 0.2) is 48.5 Å². The second-order valence-corrected chi connectivity index (χ2v) is 13.4. The molecule has 0 spiro atoms. The minimum absolute atomic E-state index is 0.0334. The Morgan fingerprint density at radius 3 is 2.48 bits per heavy atom. The fourth-order valence-corrected chi connectivity index (χ4v) is 6.75. The van der Waals surface area contributed by atoms with E-state index in [-0.39, 0.29) is 47.1 Å². The highest BCUT2D eigenvalue weighted by Gasteiger charge is 2.39. The van der Waals surface area contributed by atoms with Crippen molar-refractivity contribution in [2.75, 3.05) is 37.9 Å². The van der Waals surface area contributed by atoms with Crippen molar-refractivity contribution >= 4 is 46.1 Å². The third-order valence-electron chi connectivity index (χ3n) is 6.37. The fourth-order valence-electron chi connectivity index (χ4n) is 4.23. The van der Waals surface area contributed by atoms with Crippen LogP contribution < -0.4 is 18.5 Å². The number of aromatic nitrogens is 4. The highest BCUT2D eigenvalue weighted by molar-refractivity contribution is 14.2. The lowest BCUT2D eigenvalue weighted by molar-refractivity contribution is 0.171.